The van der Waals surface area contributed by atoms with Gasteiger partial charge >= 0.3 is 0 Å². The van der Waals surface area contributed by atoms with Crippen LogP contribution in [-0.4, -0.2) is 23.4 Å². The van der Waals surface area contributed by atoms with Gasteiger partial charge in [-0.3, -0.25) is 0 Å². The highest BCUT2D eigenvalue weighted by Gasteiger charge is 2.20. The summed E-state index contributed by atoms with van der Waals surface area (Å²) >= 11 is 0. The van der Waals surface area contributed by atoms with Gasteiger partial charge in [-0.15, -0.1) is 0 Å². The Morgan fingerprint density at radius 3 is 2.58 bits per heavy atom. The van der Waals surface area contributed by atoms with Crippen LogP contribution in [0, 0.1) is 6.92 Å². The van der Waals surface area contributed by atoms with Crippen molar-refractivity contribution in [3.8, 4) is 0 Å². The zero-order chi connectivity index (χ0) is 13.5. The van der Waals surface area contributed by atoms with Crippen LogP contribution in [-0.2, 0) is 9.84 Å². The number of hydrogen-bond acceptors (Lipinski definition) is 4. The van der Waals surface area contributed by atoms with Crippen molar-refractivity contribution in [2.24, 2.45) is 0 Å². The number of aromatic amines is 1. The van der Waals surface area contributed by atoms with E-state index in [1.165, 1.54) is 6.33 Å². The first kappa shape index (κ1) is 11.9. The summed E-state index contributed by atoms with van der Waals surface area (Å²) in [5.74, 6) is 0. The van der Waals surface area contributed by atoms with Gasteiger partial charge in [0.2, 0.25) is 9.84 Å². The Morgan fingerprint density at radius 1 is 1.16 bits per heavy atom. The van der Waals surface area contributed by atoms with Crippen molar-refractivity contribution < 1.29 is 8.42 Å². The summed E-state index contributed by atoms with van der Waals surface area (Å²) in [5, 5.41) is 0.806. The number of rotatable bonds is 2. The molecule has 2 heterocycles. The summed E-state index contributed by atoms with van der Waals surface area (Å²) in [6.45, 7) is 1.91. The lowest BCUT2D eigenvalue weighted by atomic mass is 10.2. The predicted octanol–water partition coefficient (Wildman–Crippen LogP) is 2.10. The number of sulfone groups is 1. The average molecular weight is 273 g/mol. The summed E-state index contributed by atoms with van der Waals surface area (Å²) in [6.07, 6.45) is 2.95. The van der Waals surface area contributed by atoms with E-state index in [2.05, 4.69) is 15.0 Å². The van der Waals surface area contributed by atoms with Crippen LogP contribution in [0.4, 0.5) is 0 Å². The number of aromatic nitrogens is 3. The molecule has 3 rings (SSSR count). The summed E-state index contributed by atoms with van der Waals surface area (Å²) in [6, 6.07) is 8.29. The highest BCUT2D eigenvalue weighted by atomic mass is 32.2. The van der Waals surface area contributed by atoms with Crippen LogP contribution in [0.25, 0.3) is 11.0 Å². The maximum atomic E-state index is 12.4. The Kier molecular flexibility index (Phi) is 2.60. The van der Waals surface area contributed by atoms with Crippen molar-refractivity contribution in [2.75, 3.05) is 0 Å². The van der Waals surface area contributed by atoms with E-state index in [1.807, 2.05) is 6.92 Å². The highest BCUT2D eigenvalue weighted by molar-refractivity contribution is 7.91. The van der Waals surface area contributed by atoms with Gasteiger partial charge < -0.3 is 4.98 Å². The van der Waals surface area contributed by atoms with Crippen molar-refractivity contribution in [3.05, 3.63) is 48.4 Å². The minimum absolute atomic E-state index is 0.131. The molecule has 0 radical (unpaired) electrons. The van der Waals surface area contributed by atoms with E-state index in [9.17, 15) is 8.42 Å². The van der Waals surface area contributed by atoms with Crippen LogP contribution in [0.2, 0.25) is 0 Å². The van der Waals surface area contributed by atoms with E-state index in [-0.39, 0.29) is 9.92 Å². The molecule has 6 heteroatoms. The van der Waals surface area contributed by atoms with Gasteiger partial charge in [0.1, 0.15) is 17.0 Å². The van der Waals surface area contributed by atoms with Crippen LogP contribution in [0.15, 0.2) is 52.8 Å². The normalized spacial score (nSPS) is 11.8. The van der Waals surface area contributed by atoms with Gasteiger partial charge in [0.15, 0.2) is 0 Å². The maximum absolute atomic E-state index is 12.4. The number of benzene rings is 1. The number of H-pyrrole nitrogens is 1. The van der Waals surface area contributed by atoms with Gasteiger partial charge in [-0.05, 0) is 25.1 Å². The largest absolute Gasteiger partial charge is 0.330 e. The molecule has 0 amide bonds. The van der Waals surface area contributed by atoms with E-state index in [1.54, 1.807) is 36.5 Å². The Balaban J connectivity index is 2.16. The van der Waals surface area contributed by atoms with E-state index < -0.39 is 9.84 Å². The van der Waals surface area contributed by atoms with Gasteiger partial charge in [-0.1, -0.05) is 17.7 Å². The summed E-state index contributed by atoms with van der Waals surface area (Å²) in [7, 11) is -3.54. The van der Waals surface area contributed by atoms with Crippen LogP contribution in [0.5, 0.6) is 0 Å². The van der Waals surface area contributed by atoms with Crippen molar-refractivity contribution in [1.29, 1.82) is 0 Å². The molecule has 0 aliphatic rings. The van der Waals surface area contributed by atoms with E-state index in [4.69, 9.17) is 0 Å². The first-order valence-electron chi connectivity index (χ1n) is 5.68. The highest BCUT2D eigenvalue weighted by Crippen LogP contribution is 2.23. The van der Waals surface area contributed by atoms with Gasteiger partial charge in [0.25, 0.3) is 0 Å². The second-order valence-corrected chi connectivity index (χ2v) is 6.19. The Hall–Kier alpha value is -2.21. The maximum Gasteiger partial charge on any atom is 0.221 e. The second-order valence-electron chi connectivity index (χ2n) is 4.28. The number of nitrogens with one attached hydrogen (secondary N) is 1. The molecule has 1 aromatic carbocycles. The molecule has 0 aliphatic heterocycles. The van der Waals surface area contributed by atoms with Crippen LogP contribution in [0.3, 0.4) is 0 Å². The van der Waals surface area contributed by atoms with Crippen LogP contribution < -0.4 is 0 Å². The number of fused-ring (bicyclic) bond motifs is 1. The minimum Gasteiger partial charge on any atom is -0.330 e. The molecule has 19 heavy (non-hydrogen) atoms. The molecular weight excluding hydrogens is 262 g/mol. The van der Waals surface area contributed by atoms with Crippen molar-refractivity contribution in [2.45, 2.75) is 16.8 Å². The zero-order valence-electron chi connectivity index (χ0n) is 10.2. The quantitative estimate of drug-likeness (QED) is 0.775. The third-order valence-corrected chi connectivity index (χ3v) is 4.58. The fourth-order valence-electron chi connectivity index (χ4n) is 1.83. The van der Waals surface area contributed by atoms with Gasteiger partial charge in [0, 0.05) is 11.6 Å². The lowest BCUT2D eigenvalue weighted by Crippen LogP contribution is -2.02. The van der Waals surface area contributed by atoms with Crippen LogP contribution in [0.1, 0.15) is 5.56 Å². The first-order chi connectivity index (χ1) is 9.07. The molecule has 0 saturated heterocycles. The molecule has 0 aliphatic carbocycles. The van der Waals surface area contributed by atoms with Gasteiger partial charge in [-0.25, -0.2) is 18.4 Å². The molecular formula is C13H11N3O2S. The predicted molar refractivity (Wildman–Crippen MR) is 70.5 cm³/mol. The fourth-order valence-corrected chi connectivity index (χ4v) is 3.10. The topological polar surface area (TPSA) is 75.7 Å². The van der Waals surface area contributed by atoms with Crippen molar-refractivity contribution >= 4 is 20.9 Å². The lowest BCUT2D eigenvalue weighted by molar-refractivity contribution is 0.593. The van der Waals surface area contributed by atoms with Crippen molar-refractivity contribution in [1.82, 2.24) is 15.0 Å². The molecule has 0 fully saturated rings. The zero-order valence-corrected chi connectivity index (χ0v) is 11.0. The van der Waals surface area contributed by atoms with Crippen LogP contribution >= 0.6 is 0 Å². The lowest BCUT2D eigenvalue weighted by Gasteiger charge is -2.02. The Morgan fingerprint density at radius 2 is 1.89 bits per heavy atom. The molecule has 0 bridgehead atoms. The molecule has 5 nitrogen and oxygen atoms in total. The molecule has 96 valence electrons. The SMILES string of the molecule is Cc1ccc(S(=O)(=O)c2cc3cncnc3[nH]2)cc1. The molecule has 0 saturated carbocycles. The molecule has 2 aromatic heterocycles. The van der Waals surface area contributed by atoms with E-state index in [0.29, 0.717) is 11.0 Å². The molecule has 0 unspecified atom stereocenters. The second kappa shape index (κ2) is 4.17. The summed E-state index contributed by atoms with van der Waals surface area (Å²) < 4.78 is 24.9. The summed E-state index contributed by atoms with van der Waals surface area (Å²) in [5.41, 5.74) is 1.53. The number of hydrogen-bond donors (Lipinski definition) is 1. The van der Waals surface area contributed by atoms with Gasteiger partial charge in [0.05, 0.1) is 4.90 Å². The molecule has 0 spiro atoms. The first-order valence-corrected chi connectivity index (χ1v) is 7.16. The standard InChI is InChI=1S/C13H11N3O2S/c1-9-2-4-11(5-3-9)19(17,18)12-6-10-7-14-8-15-13(10)16-12/h2-8H,1H3,(H,14,15,16). The minimum atomic E-state index is -3.54. The van der Waals surface area contributed by atoms with Crippen molar-refractivity contribution in [3.63, 3.8) is 0 Å². The average Bonchev–Trinajstić information content (AvgIpc) is 2.83. The summed E-state index contributed by atoms with van der Waals surface area (Å²) in [4.78, 5) is 10.9. The molecule has 0 atom stereocenters. The molecule has 3 aromatic rings. The smallest absolute Gasteiger partial charge is 0.221 e. The van der Waals surface area contributed by atoms with E-state index >= 15 is 0 Å². The number of nitrogens with zero attached hydrogens (tertiary/aromatic N) is 2. The number of aryl methyl sites for hydroxylation is 1. The fraction of sp³-hybridized carbons (Fsp3) is 0.0769. The Labute approximate surface area is 110 Å². The van der Waals surface area contributed by atoms with Gasteiger partial charge in [-0.2, -0.15) is 0 Å². The third-order valence-electron chi connectivity index (χ3n) is 2.89. The van der Waals surface area contributed by atoms with E-state index in [0.717, 1.165) is 5.56 Å². The Bertz CT molecular complexity index is 803. The monoisotopic (exact) mass is 273 g/mol. The third kappa shape index (κ3) is 2.00. The molecule has 1 N–H and O–H groups in total.